The average molecular weight is 353 g/mol. The van der Waals surface area contributed by atoms with Crippen molar-refractivity contribution in [2.45, 2.75) is 19.3 Å². The van der Waals surface area contributed by atoms with Crippen molar-refractivity contribution in [1.29, 1.82) is 0 Å². The monoisotopic (exact) mass is 353 g/mol. The molecule has 2 N–H and O–H groups in total. The van der Waals surface area contributed by atoms with Crippen molar-refractivity contribution in [1.82, 2.24) is 10.3 Å². The first kappa shape index (κ1) is 17.6. The maximum atomic E-state index is 12.4. The Hall–Kier alpha value is -3.22. The van der Waals surface area contributed by atoms with E-state index in [9.17, 15) is 14.4 Å². The highest BCUT2D eigenvalue weighted by molar-refractivity contribution is 5.96. The smallest absolute Gasteiger partial charge is 0.354 e. The van der Waals surface area contributed by atoms with E-state index in [1.807, 2.05) is 24.3 Å². The molecular formula is C19H19N3O4. The summed E-state index contributed by atoms with van der Waals surface area (Å²) in [4.78, 5) is 40.9. The molecule has 0 aliphatic carbocycles. The number of hydrogen-bond donors (Lipinski definition) is 2. The molecule has 1 aliphatic rings. The Morgan fingerprint density at radius 2 is 1.85 bits per heavy atom. The van der Waals surface area contributed by atoms with Crippen molar-refractivity contribution < 1.29 is 19.5 Å². The molecule has 0 radical (unpaired) electrons. The van der Waals surface area contributed by atoms with Crippen LogP contribution in [0.3, 0.4) is 0 Å². The summed E-state index contributed by atoms with van der Waals surface area (Å²) in [5.41, 5.74) is 2.01. The number of carboxylic acids is 1. The Balaban J connectivity index is 1.47. The van der Waals surface area contributed by atoms with Gasteiger partial charge in [0.1, 0.15) is 11.4 Å². The third kappa shape index (κ3) is 3.88. The predicted molar refractivity (Wildman–Crippen MR) is 95.3 cm³/mol. The fraction of sp³-hybridized carbons (Fsp3) is 0.263. The number of aromatic nitrogens is 1. The number of amides is 2. The third-order valence-electron chi connectivity index (χ3n) is 4.24. The summed E-state index contributed by atoms with van der Waals surface area (Å²) in [6.45, 7) is 1.01. The Morgan fingerprint density at radius 3 is 2.65 bits per heavy atom. The van der Waals surface area contributed by atoms with Crippen molar-refractivity contribution in [2.75, 3.05) is 18.0 Å². The molecule has 2 aromatic rings. The van der Waals surface area contributed by atoms with Crippen LogP contribution in [0.5, 0.6) is 0 Å². The highest BCUT2D eigenvalue weighted by Gasteiger charge is 2.23. The van der Waals surface area contributed by atoms with Crippen molar-refractivity contribution in [2.24, 2.45) is 0 Å². The Morgan fingerprint density at radius 1 is 1.08 bits per heavy atom. The topological polar surface area (TPSA) is 99.6 Å². The summed E-state index contributed by atoms with van der Waals surface area (Å²) < 4.78 is 0. The number of carbonyl (C=O) groups excluding carboxylic acids is 2. The SMILES string of the molecule is O=C(O)c1cccc(C(=O)NCCCC(=O)N2CCc3ccccc32)n1. The number of nitrogens with one attached hydrogen (secondary N) is 1. The van der Waals surface area contributed by atoms with Crippen LogP contribution in [0, 0.1) is 0 Å². The van der Waals surface area contributed by atoms with E-state index in [1.165, 1.54) is 23.8 Å². The molecule has 0 bridgehead atoms. The number of nitrogens with zero attached hydrogens (tertiary/aromatic N) is 2. The minimum absolute atomic E-state index is 0.0372. The number of anilines is 1. The van der Waals surface area contributed by atoms with Gasteiger partial charge in [0.25, 0.3) is 5.91 Å². The molecule has 134 valence electrons. The van der Waals surface area contributed by atoms with Gasteiger partial charge in [0.15, 0.2) is 0 Å². The molecule has 7 heteroatoms. The van der Waals surface area contributed by atoms with Gasteiger partial charge in [-0.05, 0) is 36.6 Å². The lowest BCUT2D eigenvalue weighted by Crippen LogP contribution is -2.30. The number of rotatable bonds is 6. The Bertz CT molecular complexity index is 850. The van der Waals surface area contributed by atoms with Gasteiger partial charge in [-0.1, -0.05) is 24.3 Å². The van der Waals surface area contributed by atoms with Crippen LogP contribution in [-0.4, -0.2) is 41.0 Å². The standard InChI is InChI=1S/C19H19N3O4/c23-17(22-12-10-13-5-1-2-8-16(13)22)9-4-11-20-18(24)14-6-3-7-15(21-14)19(25)26/h1-3,5-8H,4,9-12H2,(H,20,24)(H,25,26). The molecule has 0 spiro atoms. The molecule has 2 amide bonds. The summed E-state index contributed by atoms with van der Waals surface area (Å²) in [6, 6.07) is 12.1. The van der Waals surface area contributed by atoms with Gasteiger partial charge in [0.05, 0.1) is 0 Å². The first-order valence-electron chi connectivity index (χ1n) is 8.43. The van der Waals surface area contributed by atoms with Crippen molar-refractivity contribution in [3.63, 3.8) is 0 Å². The zero-order valence-electron chi connectivity index (χ0n) is 14.1. The van der Waals surface area contributed by atoms with Gasteiger partial charge >= 0.3 is 5.97 Å². The second kappa shape index (κ2) is 7.77. The number of benzene rings is 1. The van der Waals surface area contributed by atoms with Gasteiger partial charge in [0, 0.05) is 25.2 Å². The first-order chi connectivity index (χ1) is 12.6. The lowest BCUT2D eigenvalue weighted by atomic mass is 10.2. The van der Waals surface area contributed by atoms with Crippen LogP contribution in [-0.2, 0) is 11.2 Å². The molecule has 1 aliphatic heterocycles. The van der Waals surface area contributed by atoms with Crippen LogP contribution in [0.25, 0.3) is 0 Å². The lowest BCUT2D eigenvalue weighted by Gasteiger charge is -2.17. The molecule has 26 heavy (non-hydrogen) atoms. The van der Waals surface area contributed by atoms with Crippen LogP contribution >= 0.6 is 0 Å². The van der Waals surface area contributed by atoms with E-state index in [1.54, 1.807) is 4.90 Å². The summed E-state index contributed by atoms with van der Waals surface area (Å²) in [7, 11) is 0. The molecule has 7 nitrogen and oxygen atoms in total. The number of carboxylic acid groups (broad SMARTS) is 1. The van der Waals surface area contributed by atoms with Crippen molar-refractivity contribution in [3.05, 3.63) is 59.4 Å². The first-order valence-corrected chi connectivity index (χ1v) is 8.43. The van der Waals surface area contributed by atoms with Crippen molar-refractivity contribution in [3.8, 4) is 0 Å². The van der Waals surface area contributed by atoms with E-state index in [0.29, 0.717) is 25.9 Å². The zero-order valence-corrected chi connectivity index (χ0v) is 14.1. The summed E-state index contributed by atoms with van der Waals surface area (Å²) in [5.74, 6) is -1.60. The molecular weight excluding hydrogens is 334 g/mol. The van der Waals surface area contributed by atoms with Crippen LogP contribution in [0.15, 0.2) is 42.5 Å². The van der Waals surface area contributed by atoms with Gasteiger partial charge < -0.3 is 15.3 Å². The molecule has 0 atom stereocenters. The van der Waals surface area contributed by atoms with Crippen LogP contribution in [0.4, 0.5) is 5.69 Å². The zero-order chi connectivity index (χ0) is 18.5. The summed E-state index contributed by atoms with van der Waals surface area (Å²) >= 11 is 0. The number of hydrogen-bond acceptors (Lipinski definition) is 4. The van der Waals surface area contributed by atoms with Crippen LogP contribution < -0.4 is 10.2 Å². The average Bonchev–Trinajstić information content (AvgIpc) is 3.09. The van der Waals surface area contributed by atoms with E-state index in [0.717, 1.165) is 12.1 Å². The van der Waals surface area contributed by atoms with Gasteiger partial charge in [-0.25, -0.2) is 9.78 Å². The number of pyridine rings is 1. The largest absolute Gasteiger partial charge is 0.477 e. The minimum Gasteiger partial charge on any atom is -0.477 e. The number of fused-ring (bicyclic) bond motifs is 1. The maximum Gasteiger partial charge on any atom is 0.354 e. The lowest BCUT2D eigenvalue weighted by molar-refractivity contribution is -0.118. The Kier molecular flexibility index (Phi) is 5.26. The van der Waals surface area contributed by atoms with Gasteiger partial charge in [-0.2, -0.15) is 0 Å². The Labute approximate surface area is 150 Å². The van der Waals surface area contributed by atoms with Crippen LogP contribution in [0.2, 0.25) is 0 Å². The van der Waals surface area contributed by atoms with Crippen LogP contribution in [0.1, 0.15) is 39.4 Å². The molecule has 3 rings (SSSR count). The number of carbonyl (C=O) groups is 3. The summed E-state index contributed by atoms with van der Waals surface area (Å²) in [5, 5.41) is 11.6. The second-order valence-corrected chi connectivity index (χ2v) is 6.00. The quantitative estimate of drug-likeness (QED) is 0.773. The van der Waals surface area contributed by atoms with E-state index in [4.69, 9.17) is 5.11 Å². The molecule has 0 saturated heterocycles. The normalized spacial score (nSPS) is 12.5. The predicted octanol–water partition coefficient (Wildman–Crippen LogP) is 1.88. The number of aromatic carboxylic acids is 1. The van der Waals surface area contributed by atoms with Gasteiger partial charge in [-0.15, -0.1) is 0 Å². The van der Waals surface area contributed by atoms with E-state index in [2.05, 4.69) is 10.3 Å². The number of para-hydroxylation sites is 1. The molecule has 0 saturated carbocycles. The van der Waals surface area contributed by atoms with Gasteiger partial charge in [0.2, 0.25) is 5.91 Å². The van der Waals surface area contributed by atoms with E-state index in [-0.39, 0.29) is 17.3 Å². The highest BCUT2D eigenvalue weighted by atomic mass is 16.4. The van der Waals surface area contributed by atoms with E-state index >= 15 is 0 Å². The minimum atomic E-state index is -1.18. The third-order valence-corrected chi connectivity index (χ3v) is 4.24. The highest BCUT2D eigenvalue weighted by Crippen LogP contribution is 2.27. The molecule has 1 aromatic heterocycles. The molecule has 0 fully saturated rings. The summed E-state index contributed by atoms with van der Waals surface area (Å²) in [6.07, 6.45) is 1.70. The molecule has 1 aromatic carbocycles. The van der Waals surface area contributed by atoms with Gasteiger partial charge in [-0.3, -0.25) is 9.59 Å². The second-order valence-electron chi connectivity index (χ2n) is 6.00. The molecule has 2 heterocycles. The fourth-order valence-electron chi connectivity index (χ4n) is 2.94. The van der Waals surface area contributed by atoms with E-state index < -0.39 is 11.9 Å². The fourth-order valence-corrected chi connectivity index (χ4v) is 2.94. The van der Waals surface area contributed by atoms with Crippen molar-refractivity contribution >= 4 is 23.5 Å². The molecule has 0 unspecified atom stereocenters. The maximum absolute atomic E-state index is 12.4.